The Hall–Kier alpha value is -5.29. The van der Waals surface area contributed by atoms with Crippen molar-refractivity contribution in [2.75, 3.05) is 0 Å². The molecule has 0 saturated heterocycles. The van der Waals surface area contributed by atoms with Gasteiger partial charge < -0.3 is 0 Å². The van der Waals surface area contributed by atoms with Crippen LogP contribution >= 0.6 is 23.1 Å². The number of nitrogens with zero attached hydrogens (tertiary/aromatic N) is 2. The largest absolute Gasteiger partial charge is 0.226 e. The Morgan fingerprint density at radius 3 is 1.96 bits per heavy atom. The van der Waals surface area contributed by atoms with Gasteiger partial charge in [0.15, 0.2) is 5.82 Å². The maximum atomic E-state index is 5.13. The van der Waals surface area contributed by atoms with Gasteiger partial charge in [-0.15, -0.1) is 11.3 Å². The Morgan fingerprint density at radius 1 is 0.457 bits per heavy atom. The second-order valence-electron chi connectivity index (χ2n) is 11.4. The Balaban J connectivity index is 1.05. The molecule has 216 valence electrons. The van der Waals surface area contributed by atoms with Gasteiger partial charge in [0.05, 0.1) is 15.9 Å². The van der Waals surface area contributed by atoms with E-state index in [4.69, 9.17) is 9.97 Å². The van der Waals surface area contributed by atoms with Gasteiger partial charge in [0.1, 0.15) is 0 Å². The molecule has 2 aromatic heterocycles. The molecule has 9 rings (SSSR count). The highest BCUT2D eigenvalue weighted by atomic mass is 32.2. The third-order valence-corrected chi connectivity index (χ3v) is 10.9. The lowest BCUT2D eigenvalue weighted by atomic mass is 9.96. The van der Waals surface area contributed by atoms with Crippen molar-refractivity contribution < 1.29 is 0 Å². The van der Waals surface area contributed by atoms with Gasteiger partial charge in [0.2, 0.25) is 0 Å². The summed E-state index contributed by atoms with van der Waals surface area (Å²) < 4.78 is 2.35. The molecule has 4 heteroatoms. The third kappa shape index (κ3) is 4.74. The summed E-state index contributed by atoms with van der Waals surface area (Å²) in [6, 6.07) is 51.7. The van der Waals surface area contributed by atoms with Gasteiger partial charge >= 0.3 is 0 Å². The normalized spacial score (nSPS) is 12.2. The fraction of sp³-hybridized carbons (Fsp3) is 0. The quantitative estimate of drug-likeness (QED) is 0.195. The number of rotatable bonds is 4. The second-order valence-corrected chi connectivity index (χ2v) is 13.5. The van der Waals surface area contributed by atoms with Gasteiger partial charge in [-0.1, -0.05) is 151 Å². The van der Waals surface area contributed by atoms with E-state index < -0.39 is 0 Å². The molecule has 0 fully saturated rings. The Bertz CT molecular complexity index is 2420. The summed E-state index contributed by atoms with van der Waals surface area (Å²) in [5.41, 5.74) is 11.5. The molecule has 0 bridgehead atoms. The zero-order chi connectivity index (χ0) is 30.5. The minimum absolute atomic E-state index is 0.745. The third-order valence-electron chi connectivity index (χ3n) is 8.57. The van der Waals surface area contributed by atoms with E-state index in [1.165, 1.54) is 53.3 Å². The standard InChI is InChI=1S/C42H26N2S2/c1-2-10-31(11-3-1)39-41-40(35-12-5-7-15-38(35)46-41)44-42(43-39)32-23-19-28(20-24-32)27-17-21-29(22-18-27)33-13-8-16-37-34(33)26-25-30-9-4-6-14-36(30)45-37/h1-26H. The molecule has 0 N–H and O–H groups in total. The highest BCUT2D eigenvalue weighted by Crippen LogP contribution is 2.42. The Kier molecular flexibility index (Phi) is 6.62. The predicted octanol–water partition coefficient (Wildman–Crippen LogP) is 12.1. The van der Waals surface area contributed by atoms with Gasteiger partial charge in [0.25, 0.3) is 0 Å². The molecular formula is C42H26N2S2. The van der Waals surface area contributed by atoms with Crippen LogP contribution < -0.4 is 0 Å². The molecule has 1 aliphatic rings. The van der Waals surface area contributed by atoms with Gasteiger partial charge in [-0.3, -0.25) is 0 Å². The first-order chi connectivity index (χ1) is 22.8. The lowest BCUT2D eigenvalue weighted by Gasteiger charge is -2.12. The van der Waals surface area contributed by atoms with E-state index in [9.17, 15) is 0 Å². The van der Waals surface area contributed by atoms with Crippen LogP contribution in [0.2, 0.25) is 0 Å². The maximum absolute atomic E-state index is 5.13. The number of thiophene rings is 1. The molecule has 0 aliphatic carbocycles. The molecule has 2 nitrogen and oxygen atoms in total. The zero-order valence-corrected chi connectivity index (χ0v) is 26.4. The van der Waals surface area contributed by atoms with Crippen molar-refractivity contribution >= 4 is 55.6 Å². The molecule has 0 saturated carbocycles. The van der Waals surface area contributed by atoms with Crippen LogP contribution in [0.15, 0.2) is 155 Å². The number of hydrogen-bond donors (Lipinski definition) is 0. The lowest BCUT2D eigenvalue weighted by Crippen LogP contribution is -1.93. The molecule has 0 amide bonds. The minimum Gasteiger partial charge on any atom is -0.226 e. The highest BCUT2D eigenvalue weighted by Gasteiger charge is 2.17. The smallest absolute Gasteiger partial charge is 0.160 e. The summed E-state index contributed by atoms with van der Waals surface area (Å²) >= 11 is 3.60. The van der Waals surface area contributed by atoms with E-state index in [2.05, 4.69) is 152 Å². The number of aromatic nitrogens is 2. The summed E-state index contributed by atoms with van der Waals surface area (Å²) in [4.78, 5) is 12.8. The van der Waals surface area contributed by atoms with Crippen molar-refractivity contribution in [1.29, 1.82) is 0 Å². The minimum atomic E-state index is 0.745. The zero-order valence-electron chi connectivity index (χ0n) is 24.7. The van der Waals surface area contributed by atoms with E-state index in [1.54, 1.807) is 11.3 Å². The summed E-state index contributed by atoms with van der Waals surface area (Å²) in [5.74, 6) is 0.745. The topological polar surface area (TPSA) is 25.8 Å². The first-order valence-electron chi connectivity index (χ1n) is 15.3. The van der Waals surface area contributed by atoms with Crippen molar-refractivity contribution in [3.05, 3.63) is 157 Å². The second kappa shape index (κ2) is 11.3. The molecule has 0 spiro atoms. The monoisotopic (exact) mass is 622 g/mol. The van der Waals surface area contributed by atoms with Crippen LogP contribution in [-0.4, -0.2) is 9.97 Å². The summed E-state index contributed by atoms with van der Waals surface area (Å²) in [5, 5.41) is 1.17. The van der Waals surface area contributed by atoms with Crippen molar-refractivity contribution in [3.8, 4) is 44.9 Å². The van der Waals surface area contributed by atoms with Crippen LogP contribution in [0.25, 0.3) is 77.4 Å². The van der Waals surface area contributed by atoms with E-state index in [-0.39, 0.29) is 0 Å². The molecule has 6 aromatic carbocycles. The van der Waals surface area contributed by atoms with Crippen LogP contribution in [0.4, 0.5) is 0 Å². The SMILES string of the molecule is C1=Cc2c(cccc2-c2ccc(-c3ccc(-c4nc(-c5ccccc5)c5sc6ccccc6c5n4)cc3)cc2)Sc2ccccc21. The number of benzene rings is 6. The Morgan fingerprint density at radius 2 is 1.13 bits per heavy atom. The van der Waals surface area contributed by atoms with Crippen LogP contribution in [0.1, 0.15) is 11.1 Å². The molecule has 1 aliphatic heterocycles. The van der Waals surface area contributed by atoms with Crippen molar-refractivity contribution in [1.82, 2.24) is 9.97 Å². The highest BCUT2D eigenvalue weighted by molar-refractivity contribution is 7.99. The van der Waals surface area contributed by atoms with Crippen molar-refractivity contribution in [3.63, 3.8) is 0 Å². The van der Waals surface area contributed by atoms with E-state index in [1.807, 2.05) is 17.8 Å². The summed E-state index contributed by atoms with van der Waals surface area (Å²) in [7, 11) is 0. The molecule has 3 heterocycles. The number of hydrogen-bond acceptors (Lipinski definition) is 4. The van der Waals surface area contributed by atoms with Crippen LogP contribution in [0, 0.1) is 0 Å². The van der Waals surface area contributed by atoms with Gasteiger partial charge in [-0.2, -0.15) is 0 Å². The average molecular weight is 623 g/mol. The van der Waals surface area contributed by atoms with Crippen molar-refractivity contribution in [2.24, 2.45) is 0 Å². The average Bonchev–Trinajstić information content (AvgIpc) is 3.39. The fourth-order valence-corrected chi connectivity index (χ4v) is 8.45. The molecule has 46 heavy (non-hydrogen) atoms. The van der Waals surface area contributed by atoms with Gasteiger partial charge in [-0.25, -0.2) is 9.97 Å². The molecular weight excluding hydrogens is 597 g/mol. The molecule has 8 aromatic rings. The van der Waals surface area contributed by atoms with Crippen LogP contribution in [-0.2, 0) is 0 Å². The van der Waals surface area contributed by atoms with Crippen LogP contribution in [0.3, 0.4) is 0 Å². The molecule has 0 unspecified atom stereocenters. The van der Waals surface area contributed by atoms with E-state index in [0.717, 1.165) is 32.9 Å². The fourth-order valence-electron chi connectivity index (χ4n) is 6.23. The first kappa shape index (κ1) is 27.1. The van der Waals surface area contributed by atoms with E-state index in [0.29, 0.717) is 0 Å². The van der Waals surface area contributed by atoms with Crippen molar-refractivity contribution in [2.45, 2.75) is 9.79 Å². The van der Waals surface area contributed by atoms with Gasteiger partial charge in [-0.05, 0) is 51.6 Å². The number of fused-ring (bicyclic) bond motifs is 5. The summed E-state index contributed by atoms with van der Waals surface area (Å²) in [6.45, 7) is 0. The Labute approximate surface area is 275 Å². The maximum Gasteiger partial charge on any atom is 0.160 e. The summed E-state index contributed by atoms with van der Waals surface area (Å²) in [6.07, 6.45) is 4.50. The van der Waals surface area contributed by atoms with Crippen LogP contribution in [0.5, 0.6) is 0 Å². The predicted molar refractivity (Wildman–Crippen MR) is 196 cm³/mol. The first-order valence-corrected chi connectivity index (χ1v) is 17.0. The molecule has 0 atom stereocenters. The van der Waals surface area contributed by atoms with E-state index >= 15 is 0 Å². The van der Waals surface area contributed by atoms with Gasteiger partial charge in [0, 0.05) is 31.0 Å². The molecule has 0 radical (unpaired) electrons. The lowest BCUT2D eigenvalue weighted by molar-refractivity contribution is 1.24.